The van der Waals surface area contributed by atoms with E-state index in [0.717, 1.165) is 0 Å². The molecule has 0 aliphatic heterocycles. The van der Waals surface area contributed by atoms with Crippen LogP contribution in [0, 0.1) is 5.82 Å². The molecule has 0 unspecified atom stereocenters. The molecule has 2 aromatic carbocycles. The Balaban J connectivity index is 1.83. The van der Waals surface area contributed by atoms with Crippen molar-refractivity contribution in [3.8, 4) is 28.6 Å². The maximum Gasteiger partial charge on any atom is 0.249 e. The lowest BCUT2D eigenvalue weighted by Crippen LogP contribution is -2.12. The third-order valence-corrected chi connectivity index (χ3v) is 4.75. The first-order chi connectivity index (χ1) is 13.5. The van der Waals surface area contributed by atoms with Gasteiger partial charge >= 0.3 is 0 Å². The quantitative estimate of drug-likeness (QED) is 0.479. The molecule has 3 rings (SSSR count). The predicted molar refractivity (Wildman–Crippen MR) is 107 cm³/mol. The summed E-state index contributed by atoms with van der Waals surface area (Å²) in [5, 5.41) is 5.10. The molecule has 1 aromatic heterocycles. The maximum absolute atomic E-state index is 14.9. The van der Waals surface area contributed by atoms with E-state index >= 15 is 0 Å². The van der Waals surface area contributed by atoms with Gasteiger partial charge in [-0.3, -0.25) is 0 Å². The molecule has 0 saturated carbocycles. The van der Waals surface area contributed by atoms with Crippen molar-refractivity contribution in [1.82, 2.24) is 9.78 Å². The average molecular weight is 425 g/mol. The van der Waals surface area contributed by atoms with Gasteiger partial charge in [0.05, 0.1) is 25.3 Å². The fraction of sp³-hybridized carbons (Fsp3) is 0.250. The van der Waals surface area contributed by atoms with Gasteiger partial charge in [-0.25, -0.2) is 4.68 Å². The van der Waals surface area contributed by atoms with Gasteiger partial charge in [-0.2, -0.15) is 9.49 Å². The average Bonchev–Trinajstić information content (AvgIpc) is 3.01. The summed E-state index contributed by atoms with van der Waals surface area (Å²) in [4.78, 5) is 0. The highest BCUT2D eigenvalue weighted by atomic mass is 35.5. The summed E-state index contributed by atoms with van der Waals surface area (Å²) in [6.07, 6.45) is 0. The molecule has 148 valence electrons. The zero-order valence-electron chi connectivity index (χ0n) is 15.4. The minimum atomic E-state index is -0.532. The lowest BCUT2D eigenvalue weighted by atomic mass is 10.1. The zero-order valence-corrected chi connectivity index (χ0v) is 16.9. The molecular weight excluding hydrogens is 406 g/mol. The van der Waals surface area contributed by atoms with Crippen molar-refractivity contribution in [3.05, 3.63) is 58.3 Å². The van der Waals surface area contributed by atoms with Crippen LogP contribution in [0.4, 0.5) is 4.39 Å². The van der Waals surface area contributed by atoms with Crippen LogP contribution < -0.4 is 14.2 Å². The van der Waals surface area contributed by atoms with Crippen LogP contribution in [0.3, 0.4) is 0 Å². The predicted octanol–water partition coefficient (Wildman–Crippen LogP) is 5.48. The van der Waals surface area contributed by atoms with E-state index in [0.29, 0.717) is 33.7 Å². The van der Waals surface area contributed by atoms with Gasteiger partial charge in [0.2, 0.25) is 11.7 Å². The molecule has 0 saturated heterocycles. The summed E-state index contributed by atoms with van der Waals surface area (Å²) in [5.41, 5.74) is 0.776. The number of nitrogens with zero attached hydrogens (tertiary/aromatic N) is 2. The summed E-state index contributed by atoms with van der Waals surface area (Å²) in [5.74, 6) is 0.591. The summed E-state index contributed by atoms with van der Waals surface area (Å²) >= 11 is 12.1. The molecule has 0 aliphatic rings. The van der Waals surface area contributed by atoms with Gasteiger partial charge in [-0.05, 0) is 31.2 Å². The van der Waals surface area contributed by atoms with E-state index in [1.807, 2.05) is 0 Å². The molecule has 0 fully saturated rings. The standard InChI is InChI=1S/C20H19Cl2FN2O3/c1-3-27-20-18(23)19(13-6-4-7-14(12-13)26-2)24-25(20)10-11-28-16-9-5-8-15(21)17(16)22/h4-9,12H,3,10-11H2,1-2H3. The third-order valence-electron chi connectivity index (χ3n) is 3.95. The molecule has 28 heavy (non-hydrogen) atoms. The van der Waals surface area contributed by atoms with E-state index < -0.39 is 5.82 Å². The first-order valence-corrected chi connectivity index (χ1v) is 9.41. The first-order valence-electron chi connectivity index (χ1n) is 8.65. The van der Waals surface area contributed by atoms with Crippen molar-refractivity contribution < 1.29 is 18.6 Å². The molecule has 3 aromatic rings. The summed E-state index contributed by atoms with van der Waals surface area (Å²) < 4.78 is 32.7. The van der Waals surface area contributed by atoms with Crippen LogP contribution in [0.1, 0.15) is 6.92 Å². The van der Waals surface area contributed by atoms with Crippen molar-refractivity contribution in [2.75, 3.05) is 20.3 Å². The van der Waals surface area contributed by atoms with Gasteiger partial charge in [0.25, 0.3) is 0 Å². The monoisotopic (exact) mass is 424 g/mol. The van der Waals surface area contributed by atoms with E-state index in [2.05, 4.69) is 5.10 Å². The highest BCUT2D eigenvalue weighted by Crippen LogP contribution is 2.33. The molecule has 0 N–H and O–H groups in total. The van der Waals surface area contributed by atoms with E-state index in [4.69, 9.17) is 37.4 Å². The van der Waals surface area contributed by atoms with E-state index in [-0.39, 0.29) is 24.7 Å². The van der Waals surface area contributed by atoms with Crippen LogP contribution in [0.5, 0.6) is 17.4 Å². The molecule has 8 heteroatoms. The summed E-state index contributed by atoms with van der Waals surface area (Å²) in [6, 6.07) is 12.2. The number of aromatic nitrogens is 2. The number of halogens is 3. The van der Waals surface area contributed by atoms with Crippen LogP contribution in [-0.2, 0) is 6.54 Å². The van der Waals surface area contributed by atoms with Gasteiger partial charge in [0.1, 0.15) is 28.8 Å². The molecule has 0 bridgehead atoms. The highest BCUT2D eigenvalue weighted by Gasteiger charge is 2.21. The number of hydrogen-bond acceptors (Lipinski definition) is 4. The van der Waals surface area contributed by atoms with Crippen LogP contribution in [0.2, 0.25) is 10.0 Å². The number of rotatable bonds is 8. The molecule has 0 atom stereocenters. The van der Waals surface area contributed by atoms with Gasteiger partial charge in [-0.1, -0.05) is 41.4 Å². The first kappa shape index (κ1) is 20.3. The Morgan fingerprint density at radius 1 is 1.11 bits per heavy atom. The Labute approximate surface area is 172 Å². The normalized spacial score (nSPS) is 10.8. The highest BCUT2D eigenvalue weighted by molar-refractivity contribution is 6.42. The van der Waals surface area contributed by atoms with Crippen LogP contribution in [-0.4, -0.2) is 30.1 Å². The largest absolute Gasteiger partial charge is 0.497 e. The second-order valence-corrected chi connectivity index (χ2v) is 6.54. The fourth-order valence-electron chi connectivity index (χ4n) is 2.64. The van der Waals surface area contributed by atoms with Crippen molar-refractivity contribution >= 4 is 23.2 Å². The zero-order chi connectivity index (χ0) is 20.1. The maximum atomic E-state index is 14.9. The lowest BCUT2D eigenvalue weighted by molar-refractivity contribution is 0.253. The number of benzene rings is 2. The molecule has 5 nitrogen and oxygen atoms in total. The van der Waals surface area contributed by atoms with Crippen molar-refractivity contribution in [2.24, 2.45) is 0 Å². The van der Waals surface area contributed by atoms with Gasteiger partial charge in [0.15, 0.2) is 0 Å². The molecule has 0 radical (unpaired) electrons. The van der Waals surface area contributed by atoms with E-state index in [1.54, 1.807) is 56.5 Å². The van der Waals surface area contributed by atoms with Gasteiger partial charge < -0.3 is 14.2 Å². The fourth-order valence-corrected chi connectivity index (χ4v) is 2.99. The number of methoxy groups -OCH3 is 1. The second kappa shape index (κ2) is 9.17. The summed E-state index contributed by atoms with van der Waals surface area (Å²) in [6.45, 7) is 2.56. The molecule has 0 aliphatic carbocycles. The molecule has 1 heterocycles. The smallest absolute Gasteiger partial charge is 0.249 e. The molecule has 0 amide bonds. The van der Waals surface area contributed by atoms with Crippen molar-refractivity contribution in [2.45, 2.75) is 13.5 Å². The Bertz CT molecular complexity index is 963. The third kappa shape index (κ3) is 4.34. The Hall–Kier alpha value is -2.44. The second-order valence-electron chi connectivity index (χ2n) is 5.76. The minimum Gasteiger partial charge on any atom is -0.497 e. The Morgan fingerprint density at radius 2 is 1.89 bits per heavy atom. The van der Waals surface area contributed by atoms with Crippen molar-refractivity contribution in [3.63, 3.8) is 0 Å². The number of ether oxygens (including phenoxy) is 3. The van der Waals surface area contributed by atoms with Crippen LogP contribution in [0.25, 0.3) is 11.3 Å². The van der Waals surface area contributed by atoms with Gasteiger partial charge in [0, 0.05) is 5.56 Å². The van der Waals surface area contributed by atoms with E-state index in [9.17, 15) is 4.39 Å². The van der Waals surface area contributed by atoms with E-state index in [1.165, 1.54) is 4.68 Å². The minimum absolute atomic E-state index is 0.0566. The topological polar surface area (TPSA) is 45.5 Å². The lowest BCUT2D eigenvalue weighted by Gasteiger charge is -2.10. The number of hydrogen-bond donors (Lipinski definition) is 0. The van der Waals surface area contributed by atoms with Gasteiger partial charge in [-0.15, -0.1) is 0 Å². The Kier molecular flexibility index (Phi) is 6.65. The molecule has 0 spiro atoms. The summed E-state index contributed by atoms with van der Waals surface area (Å²) in [7, 11) is 1.55. The molecular formula is C20H19Cl2FN2O3. The van der Waals surface area contributed by atoms with Crippen molar-refractivity contribution in [1.29, 1.82) is 0 Å². The SMILES string of the molecule is CCOc1c(F)c(-c2cccc(OC)c2)nn1CCOc1cccc(Cl)c1Cl. The Morgan fingerprint density at radius 3 is 2.64 bits per heavy atom. The van der Waals surface area contributed by atoms with Crippen LogP contribution >= 0.6 is 23.2 Å². The van der Waals surface area contributed by atoms with Crippen LogP contribution in [0.15, 0.2) is 42.5 Å².